The maximum atomic E-state index is 12.4. The molecule has 1 aromatic rings. The zero-order valence-electron chi connectivity index (χ0n) is 10.5. The Labute approximate surface area is 110 Å². The summed E-state index contributed by atoms with van der Waals surface area (Å²) in [6, 6.07) is 5.19. The molecule has 1 aromatic carbocycles. The van der Waals surface area contributed by atoms with Crippen molar-refractivity contribution in [2.24, 2.45) is 0 Å². The van der Waals surface area contributed by atoms with Crippen molar-refractivity contribution in [3.63, 3.8) is 0 Å². The van der Waals surface area contributed by atoms with E-state index in [1.54, 1.807) is 0 Å². The van der Waals surface area contributed by atoms with E-state index >= 15 is 0 Å². The molecule has 0 spiro atoms. The average Bonchev–Trinajstić information content (AvgIpc) is 2.53. The first-order chi connectivity index (χ1) is 8.95. The third-order valence-corrected chi connectivity index (χ3v) is 3.33. The molecule has 1 heterocycles. The van der Waals surface area contributed by atoms with Crippen molar-refractivity contribution < 1.29 is 18.0 Å². The summed E-state index contributed by atoms with van der Waals surface area (Å²) in [6.07, 6.45) is -0.422. The Balaban J connectivity index is 2.01. The smallest absolute Gasteiger partial charge is 0.353 e. The number of nitrogens with one attached hydrogen (secondary N) is 1. The molecule has 1 amide bonds. The number of halogens is 3. The van der Waals surface area contributed by atoms with E-state index in [0.29, 0.717) is 12.8 Å². The lowest BCUT2D eigenvalue weighted by Crippen LogP contribution is -2.34. The van der Waals surface area contributed by atoms with E-state index in [0.717, 1.165) is 37.0 Å². The van der Waals surface area contributed by atoms with Crippen LogP contribution >= 0.6 is 0 Å². The maximum absolute atomic E-state index is 12.4. The molecule has 0 aliphatic carbocycles. The van der Waals surface area contributed by atoms with Gasteiger partial charge in [0.05, 0.1) is 5.56 Å². The van der Waals surface area contributed by atoms with E-state index in [1.165, 1.54) is 12.1 Å². The minimum Gasteiger partial charge on any atom is -0.353 e. The number of hydrogen-bond acceptors (Lipinski definition) is 1. The minimum atomic E-state index is -4.30. The highest BCUT2D eigenvalue weighted by Gasteiger charge is 2.30. The summed E-state index contributed by atoms with van der Waals surface area (Å²) in [4.78, 5) is 11.4. The Hall–Kier alpha value is -1.52. The van der Waals surface area contributed by atoms with Gasteiger partial charge < -0.3 is 5.32 Å². The number of rotatable bonds is 2. The van der Waals surface area contributed by atoms with E-state index in [-0.39, 0.29) is 11.9 Å². The molecule has 1 fully saturated rings. The van der Waals surface area contributed by atoms with E-state index in [1.807, 2.05) is 0 Å². The van der Waals surface area contributed by atoms with Crippen LogP contribution in [-0.2, 0) is 17.4 Å². The topological polar surface area (TPSA) is 29.1 Å². The van der Waals surface area contributed by atoms with Crippen molar-refractivity contribution in [3.05, 3.63) is 35.4 Å². The molecule has 19 heavy (non-hydrogen) atoms. The van der Waals surface area contributed by atoms with E-state index < -0.39 is 11.7 Å². The van der Waals surface area contributed by atoms with E-state index in [2.05, 4.69) is 5.32 Å². The summed E-state index contributed by atoms with van der Waals surface area (Å²) in [5.74, 6) is 0.0365. The third kappa shape index (κ3) is 3.98. The number of alkyl halides is 3. The Morgan fingerprint density at radius 3 is 2.47 bits per heavy atom. The Morgan fingerprint density at radius 1 is 1.16 bits per heavy atom. The molecule has 0 aromatic heterocycles. The second kappa shape index (κ2) is 5.63. The molecule has 1 N–H and O–H groups in total. The first-order valence-electron chi connectivity index (χ1n) is 6.40. The second-order valence-corrected chi connectivity index (χ2v) is 4.91. The van der Waals surface area contributed by atoms with Crippen LogP contribution in [-0.4, -0.2) is 11.9 Å². The van der Waals surface area contributed by atoms with Crippen LogP contribution in [0.2, 0.25) is 0 Å². The number of carbonyl (C=O) groups excluding carboxylic acids is 1. The molecule has 2 rings (SSSR count). The fourth-order valence-electron chi connectivity index (χ4n) is 2.32. The molecule has 104 valence electrons. The van der Waals surface area contributed by atoms with Crippen LogP contribution in [0.5, 0.6) is 0 Å². The minimum absolute atomic E-state index is 0.0340. The molecule has 2 nitrogen and oxygen atoms in total. The summed E-state index contributed by atoms with van der Waals surface area (Å²) < 4.78 is 37.3. The number of hydrogen-bond donors (Lipinski definition) is 1. The monoisotopic (exact) mass is 271 g/mol. The van der Waals surface area contributed by atoms with Crippen molar-refractivity contribution in [2.45, 2.75) is 44.3 Å². The molecule has 0 radical (unpaired) electrons. The van der Waals surface area contributed by atoms with Gasteiger partial charge >= 0.3 is 6.18 Å². The Kier molecular flexibility index (Phi) is 4.12. The van der Waals surface area contributed by atoms with Gasteiger partial charge in [0.15, 0.2) is 0 Å². The second-order valence-electron chi connectivity index (χ2n) is 4.91. The highest BCUT2D eigenvalue weighted by Crippen LogP contribution is 2.29. The van der Waals surface area contributed by atoms with Crippen LogP contribution in [0.25, 0.3) is 0 Å². The normalized spacial score (nSPS) is 20.8. The van der Waals surface area contributed by atoms with Crippen molar-refractivity contribution in [2.75, 3.05) is 0 Å². The Bertz CT molecular complexity index is 439. The predicted octanol–water partition coefficient (Wildman–Crippen LogP) is 3.31. The zero-order chi connectivity index (χ0) is 13.9. The fraction of sp³-hybridized carbons (Fsp3) is 0.500. The fourth-order valence-corrected chi connectivity index (χ4v) is 2.32. The zero-order valence-corrected chi connectivity index (χ0v) is 10.5. The molecule has 1 aliphatic heterocycles. The molecule has 1 saturated heterocycles. The van der Waals surface area contributed by atoms with Gasteiger partial charge in [-0.2, -0.15) is 13.2 Å². The molecule has 1 atom stereocenters. The van der Waals surface area contributed by atoms with Gasteiger partial charge in [-0.25, -0.2) is 0 Å². The first-order valence-corrected chi connectivity index (χ1v) is 6.40. The lowest BCUT2D eigenvalue weighted by molar-refractivity contribution is -0.137. The first kappa shape index (κ1) is 13.9. The Morgan fingerprint density at radius 2 is 1.84 bits per heavy atom. The van der Waals surface area contributed by atoms with Gasteiger partial charge in [0.25, 0.3) is 0 Å². The van der Waals surface area contributed by atoms with Crippen LogP contribution < -0.4 is 5.32 Å². The maximum Gasteiger partial charge on any atom is 0.416 e. The summed E-state index contributed by atoms with van der Waals surface area (Å²) in [5, 5.41) is 2.91. The quantitative estimate of drug-likeness (QED) is 0.878. The molecule has 5 heteroatoms. The van der Waals surface area contributed by atoms with Crippen molar-refractivity contribution in [1.82, 2.24) is 5.32 Å². The van der Waals surface area contributed by atoms with Crippen LogP contribution in [0.15, 0.2) is 24.3 Å². The van der Waals surface area contributed by atoms with Crippen molar-refractivity contribution in [3.8, 4) is 0 Å². The highest BCUT2D eigenvalue weighted by atomic mass is 19.4. The van der Waals surface area contributed by atoms with Crippen LogP contribution in [0, 0.1) is 0 Å². The molecule has 0 saturated carbocycles. The molecule has 0 bridgehead atoms. The molecule has 1 aliphatic rings. The number of benzene rings is 1. The predicted molar refractivity (Wildman–Crippen MR) is 65.5 cm³/mol. The SMILES string of the molecule is O=C1CCCCC(Cc2ccc(C(F)(F)F)cc2)N1. The van der Waals surface area contributed by atoms with Gasteiger partial charge in [-0.05, 0) is 37.0 Å². The summed E-state index contributed by atoms with van der Waals surface area (Å²) in [5.41, 5.74) is 0.182. The lowest BCUT2D eigenvalue weighted by Gasteiger charge is -2.16. The standard InChI is InChI=1S/C14H16F3NO/c15-14(16,17)11-7-5-10(6-8-11)9-12-3-1-2-4-13(19)18-12/h5-8,12H,1-4,9H2,(H,18,19). The van der Waals surface area contributed by atoms with Crippen LogP contribution in [0.4, 0.5) is 13.2 Å². The van der Waals surface area contributed by atoms with Gasteiger partial charge in [-0.15, -0.1) is 0 Å². The lowest BCUT2D eigenvalue weighted by atomic mass is 10.0. The number of amides is 1. The van der Waals surface area contributed by atoms with Gasteiger partial charge in [0.1, 0.15) is 0 Å². The van der Waals surface area contributed by atoms with Gasteiger partial charge in [-0.3, -0.25) is 4.79 Å². The molecular formula is C14H16F3NO. The summed E-state index contributed by atoms with van der Waals surface area (Å²) >= 11 is 0. The third-order valence-electron chi connectivity index (χ3n) is 3.33. The van der Waals surface area contributed by atoms with Crippen molar-refractivity contribution >= 4 is 5.91 Å². The van der Waals surface area contributed by atoms with Crippen LogP contribution in [0.1, 0.15) is 36.8 Å². The van der Waals surface area contributed by atoms with E-state index in [4.69, 9.17) is 0 Å². The summed E-state index contributed by atoms with van der Waals surface area (Å²) in [6.45, 7) is 0. The van der Waals surface area contributed by atoms with Gasteiger partial charge in [0, 0.05) is 12.5 Å². The number of carbonyl (C=O) groups is 1. The average molecular weight is 271 g/mol. The van der Waals surface area contributed by atoms with Gasteiger partial charge in [0.2, 0.25) is 5.91 Å². The highest BCUT2D eigenvalue weighted by molar-refractivity contribution is 5.76. The van der Waals surface area contributed by atoms with Gasteiger partial charge in [-0.1, -0.05) is 18.6 Å². The summed E-state index contributed by atoms with van der Waals surface area (Å²) in [7, 11) is 0. The largest absolute Gasteiger partial charge is 0.416 e. The molecular weight excluding hydrogens is 255 g/mol. The van der Waals surface area contributed by atoms with Crippen LogP contribution in [0.3, 0.4) is 0 Å². The van der Waals surface area contributed by atoms with E-state index in [9.17, 15) is 18.0 Å². The van der Waals surface area contributed by atoms with Crippen molar-refractivity contribution in [1.29, 1.82) is 0 Å². The molecule has 1 unspecified atom stereocenters.